The molecule has 1 N–H and O–H groups in total. The van der Waals surface area contributed by atoms with Crippen LogP contribution in [0.15, 0.2) is 54.6 Å². The number of piperazine rings is 1. The van der Waals surface area contributed by atoms with Gasteiger partial charge in [-0.25, -0.2) is 0 Å². The van der Waals surface area contributed by atoms with E-state index in [0.29, 0.717) is 6.54 Å². The molecule has 4 heterocycles. The Hall–Kier alpha value is -3.12. The monoisotopic (exact) mass is 442 g/mol. The van der Waals surface area contributed by atoms with Crippen LogP contribution in [0.2, 0.25) is 0 Å². The van der Waals surface area contributed by atoms with Crippen LogP contribution < -0.4 is 0 Å². The molecule has 3 aliphatic heterocycles. The van der Waals surface area contributed by atoms with Crippen molar-refractivity contribution in [1.29, 1.82) is 0 Å². The maximum atomic E-state index is 14.0. The number of fused-ring (bicyclic) bond motifs is 5. The van der Waals surface area contributed by atoms with Crippen LogP contribution in [0.5, 0.6) is 0 Å². The van der Waals surface area contributed by atoms with Gasteiger partial charge in [-0.05, 0) is 43.4 Å². The van der Waals surface area contributed by atoms with Crippen LogP contribution in [0.25, 0.3) is 10.9 Å². The van der Waals surface area contributed by atoms with Crippen molar-refractivity contribution in [2.24, 2.45) is 0 Å². The molecule has 1 atom stereocenters. The number of para-hydroxylation sites is 1. The zero-order valence-corrected chi connectivity index (χ0v) is 19.1. The van der Waals surface area contributed by atoms with E-state index in [4.69, 9.17) is 0 Å². The Morgan fingerprint density at radius 1 is 0.970 bits per heavy atom. The first-order chi connectivity index (χ1) is 16.1. The first kappa shape index (κ1) is 20.5. The standard InChI is InChI=1S/C27H30N4O2/c1-27-25-22(21-9-5-6-10-23(21)28-25)13-16-31(27)24(32)18-30(26(27)33)20-11-14-29(15-12-20)17-19-7-3-2-4-8-19/h2-10,20,28H,11-18H2,1H3. The van der Waals surface area contributed by atoms with Gasteiger partial charge in [0.05, 0.1) is 5.69 Å². The molecule has 6 heteroatoms. The molecule has 2 amide bonds. The van der Waals surface area contributed by atoms with Crippen LogP contribution in [-0.2, 0) is 28.1 Å². The van der Waals surface area contributed by atoms with Crippen LogP contribution in [0, 0.1) is 0 Å². The Kier molecular flexibility index (Phi) is 4.80. The molecular formula is C27H30N4O2. The predicted octanol–water partition coefficient (Wildman–Crippen LogP) is 3.27. The van der Waals surface area contributed by atoms with Crippen molar-refractivity contribution in [2.45, 2.75) is 44.3 Å². The molecule has 0 spiro atoms. The van der Waals surface area contributed by atoms with Crippen LogP contribution in [-0.4, -0.2) is 63.7 Å². The molecule has 6 nitrogen and oxygen atoms in total. The van der Waals surface area contributed by atoms with Gasteiger partial charge in [-0.15, -0.1) is 0 Å². The van der Waals surface area contributed by atoms with E-state index in [-0.39, 0.29) is 24.4 Å². The lowest BCUT2D eigenvalue weighted by Gasteiger charge is -2.52. The maximum Gasteiger partial charge on any atom is 0.255 e. The second-order valence-electron chi connectivity index (χ2n) is 9.82. The molecule has 0 radical (unpaired) electrons. The summed E-state index contributed by atoms with van der Waals surface area (Å²) in [5, 5.41) is 1.17. The molecule has 33 heavy (non-hydrogen) atoms. The largest absolute Gasteiger partial charge is 0.356 e. The fraction of sp³-hybridized carbons (Fsp3) is 0.407. The number of hydrogen-bond acceptors (Lipinski definition) is 3. The van der Waals surface area contributed by atoms with Gasteiger partial charge in [0.1, 0.15) is 6.54 Å². The van der Waals surface area contributed by atoms with Crippen LogP contribution >= 0.6 is 0 Å². The SMILES string of the molecule is CC12C(=O)N(C3CCN(Cc4ccccc4)CC3)CC(=O)N1CCc1c2[nH]c2ccccc12. The summed E-state index contributed by atoms with van der Waals surface area (Å²) in [5.41, 5.74) is 3.49. The first-order valence-electron chi connectivity index (χ1n) is 12.0. The zero-order valence-electron chi connectivity index (χ0n) is 19.1. The van der Waals surface area contributed by atoms with Crippen molar-refractivity contribution in [3.8, 4) is 0 Å². The lowest BCUT2D eigenvalue weighted by Crippen LogP contribution is -2.69. The van der Waals surface area contributed by atoms with Gasteiger partial charge in [0.25, 0.3) is 5.91 Å². The summed E-state index contributed by atoms with van der Waals surface area (Å²) in [6.45, 7) is 5.56. The molecule has 0 aliphatic carbocycles. The van der Waals surface area contributed by atoms with Crippen molar-refractivity contribution >= 4 is 22.7 Å². The Bertz CT molecular complexity index is 1210. The van der Waals surface area contributed by atoms with E-state index in [9.17, 15) is 9.59 Å². The van der Waals surface area contributed by atoms with Gasteiger partial charge in [-0.3, -0.25) is 14.5 Å². The minimum Gasteiger partial charge on any atom is -0.356 e. The average Bonchev–Trinajstić information content (AvgIpc) is 3.23. The average molecular weight is 443 g/mol. The smallest absolute Gasteiger partial charge is 0.255 e. The number of amides is 2. The van der Waals surface area contributed by atoms with E-state index < -0.39 is 5.54 Å². The molecule has 1 aromatic heterocycles. The lowest BCUT2D eigenvalue weighted by atomic mass is 9.82. The van der Waals surface area contributed by atoms with Gasteiger partial charge in [0, 0.05) is 43.1 Å². The molecule has 3 aliphatic rings. The van der Waals surface area contributed by atoms with Gasteiger partial charge in [-0.1, -0.05) is 48.5 Å². The van der Waals surface area contributed by atoms with E-state index >= 15 is 0 Å². The molecule has 1 unspecified atom stereocenters. The number of aromatic nitrogens is 1. The summed E-state index contributed by atoms with van der Waals surface area (Å²) in [4.78, 5) is 37.0. The third kappa shape index (κ3) is 3.19. The van der Waals surface area contributed by atoms with E-state index in [1.165, 1.54) is 16.5 Å². The molecule has 2 aromatic carbocycles. The highest BCUT2D eigenvalue weighted by Crippen LogP contribution is 2.42. The lowest BCUT2D eigenvalue weighted by molar-refractivity contribution is -0.169. The van der Waals surface area contributed by atoms with Gasteiger partial charge in [-0.2, -0.15) is 0 Å². The maximum absolute atomic E-state index is 14.0. The number of aromatic amines is 1. The summed E-state index contributed by atoms with van der Waals surface area (Å²) in [5.74, 6) is 0.129. The van der Waals surface area contributed by atoms with E-state index in [1.54, 1.807) is 0 Å². The summed E-state index contributed by atoms with van der Waals surface area (Å²) in [6.07, 6.45) is 2.59. The number of hydrogen-bond donors (Lipinski definition) is 1. The van der Waals surface area contributed by atoms with Gasteiger partial charge in [0.2, 0.25) is 5.91 Å². The van der Waals surface area contributed by atoms with Crippen molar-refractivity contribution < 1.29 is 9.59 Å². The summed E-state index contributed by atoms with van der Waals surface area (Å²) in [7, 11) is 0. The molecule has 170 valence electrons. The number of carbonyl (C=O) groups excluding carboxylic acids is 2. The van der Waals surface area contributed by atoms with Crippen molar-refractivity contribution in [2.75, 3.05) is 26.2 Å². The second-order valence-corrected chi connectivity index (χ2v) is 9.82. The van der Waals surface area contributed by atoms with E-state index in [2.05, 4.69) is 46.3 Å². The van der Waals surface area contributed by atoms with E-state index in [1.807, 2.05) is 34.9 Å². The number of piperidine rings is 1. The van der Waals surface area contributed by atoms with Crippen LogP contribution in [0.4, 0.5) is 0 Å². The highest BCUT2D eigenvalue weighted by atomic mass is 16.2. The highest BCUT2D eigenvalue weighted by Gasteiger charge is 2.55. The number of nitrogens with zero attached hydrogens (tertiary/aromatic N) is 3. The predicted molar refractivity (Wildman–Crippen MR) is 128 cm³/mol. The summed E-state index contributed by atoms with van der Waals surface area (Å²) < 4.78 is 0. The van der Waals surface area contributed by atoms with Crippen molar-refractivity contribution in [3.63, 3.8) is 0 Å². The second kappa shape index (κ2) is 7.73. The summed E-state index contributed by atoms with van der Waals surface area (Å²) in [6, 6.07) is 18.8. The zero-order chi connectivity index (χ0) is 22.6. The Morgan fingerprint density at radius 2 is 1.70 bits per heavy atom. The van der Waals surface area contributed by atoms with Crippen LogP contribution in [0.1, 0.15) is 36.6 Å². The van der Waals surface area contributed by atoms with Gasteiger partial charge < -0.3 is 14.8 Å². The first-order valence-corrected chi connectivity index (χ1v) is 12.0. The number of benzene rings is 2. The fourth-order valence-electron chi connectivity index (χ4n) is 6.16. The highest BCUT2D eigenvalue weighted by molar-refractivity contribution is 6.00. The molecule has 0 bridgehead atoms. The molecular weight excluding hydrogens is 412 g/mol. The Morgan fingerprint density at radius 3 is 2.48 bits per heavy atom. The Balaban J connectivity index is 1.25. The minimum absolute atomic E-state index is 0.0631. The number of rotatable bonds is 3. The molecule has 6 rings (SSSR count). The quantitative estimate of drug-likeness (QED) is 0.677. The number of carbonyl (C=O) groups is 2. The van der Waals surface area contributed by atoms with Crippen molar-refractivity contribution in [1.82, 2.24) is 19.7 Å². The minimum atomic E-state index is -0.955. The Labute approximate surface area is 194 Å². The van der Waals surface area contributed by atoms with Gasteiger partial charge in [0.15, 0.2) is 5.54 Å². The number of likely N-dealkylation sites (tertiary alicyclic amines) is 1. The normalized spacial score (nSPS) is 24.3. The molecule has 2 fully saturated rings. The molecule has 2 saturated heterocycles. The van der Waals surface area contributed by atoms with Crippen LogP contribution in [0.3, 0.4) is 0 Å². The summed E-state index contributed by atoms with van der Waals surface area (Å²) >= 11 is 0. The fourth-order valence-corrected chi connectivity index (χ4v) is 6.16. The number of nitrogens with one attached hydrogen (secondary N) is 1. The third-order valence-electron chi connectivity index (χ3n) is 7.96. The van der Waals surface area contributed by atoms with Gasteiger partial charge >= 0.3 is 0 Å². The molecule has 3 aromatic rings. The number of H-pyrrole nitrogens is 1. The molecule has 0 saturated carbocycles. The van der Waals surface area contributed by atoms with E-state index in [0.717, 1.165) is 50.1 Å². The topological polar surface area (TPSA) is 59.7 Å². The van der Waals surface area contributed by atoms with Crippen molar-refractivity contribution in [3.05, 3.63) is 71.4 Å². The third-order valence-corrected chi connectivity index (χ3v) is 7.96.